The first-order valence-corrected chi connectivity index (χ1v) is 7.53. The normalized spacial score (nSPS) is 10.3. The molecular formula is C14H12Cl2N2O2S. The molecule has 7 heteroatoms. The summed E-state index contributed by atoms with van der Waals surface area (Å²) < 4.78 is 0.530. The summed E-state index contributed by atoms with van der Waals surface area (Å²) >= 11 is 13.0. The van der Waals surface area contributed by atoms with Crippen LogP contribution in [0.4, 0.5) is 5.69 Å². The maximum atomic E-state index is 12.1. The smallest absolute Gasteiger partial charge is 0.265 e. The lowest BCUT2D eigenvalue weighted by Gasteiger charge is -2.12. The first kappa shape index (κ1) is 15.8. The van der Waals surface area contributed by atoms with Crippen LogP contribution >= 0.6 is 34.5 Å². The lowest BCUT2D eigenvalue weighted by atomic mass is 10.1. The summed E-state index contributed by atoms with van der Waals surface area (Å²) in [5, 5.41) is 3.05. The van der Waals surface area contributed by atoms with E-state index in [2.05, 4.69) is 5.32 Å². The Morgan fingerprint density at radius 1 is 1.14 bits per heavy atom. The van der Waals surface area contributed by atoms with Crippen LogP contribution in [0.5, 0.6) is 0 Å². The molecule has 21 heavy (non-hydrogen) atoms. The maximum absolute atomic E-state index is 12.1. The van der Waals surface area contributed by atoms with Crippen molar-refractivity contribution in [2.24, 2.45) is 0 Å². The van der Waals surface area contributed by atoms with Crippen molar-refractivity contribution in [1.82, 2.24) is 4.90 Å². The van der Waals surface area contributed by atoms with Crippen molar-refractivity contribution in [3.63, 3.8) is 0 Å². The summed E-state index contributed by atoms with van der Waals surface area (Å²) in [5.41, 5.74) is 0.836. The van der Waals surface area contributed by atoms with Crippen LogP contribution in [0.25, 0.3) is 0 Å². The largest absolute Gasteiger partial charge is 0.345 e. The SMILES string of the molecule is CN(C)C(=O)c1ccc(Cl)c(NC(=O)c2ccc(Cl)s2)c1. The maximum Gasteiger partial charge on any atom is 0.265 e. The highest BCUT2D eigenvalue weighted by Gasteiger charge is 2.14. The molecule has 0 saturated carbocycles. The minimum absolute atomic E-state index is 0.165. The van der Waals surface area contributed by atoms with Gasteiger partial charge in [-0.25, -0.2) is 0 Å². The van der Waals surface area contributed by atoms with Gasteiger partial charge in [0.2, 0.25) is 0 Å². The van der Waals surface area contributed by atoms with Crippen LogP contribution in [0.1, 0.15) is 20.0 Å². The molecule has 2 amide bonds. The zero-order valence-electron chi connectivity index (χ0n) is 11.3. The average Bonchev–Trinajstić information content (AvgIpc) is 2.87. The van der Waals surface area contributed by atoms with E-state index in [1.54, 1.807) is 44.4 Å². The molecule has 0 bridgehead atoms. The van der Waals surface area contributed by atoms with Gasteiger partial charge in [-0.2, -0.15) is 0 Å². The fourth-order valence-corrected chi connectivity index (χ4v) is 2.74. The van der Waals surface area contributed by atoms with Gasteiger partial charge in [0.05, 0.1) is 19.9 Å². The number of rotatable bonds is 3. The Kier molecular flexibility index (Phi) is 4.88. The Labute approximate surface area is 136 Å². The molecule has 0 atom stereocenters. The zero-order chi connectivity index (χ0) is 15.6. The average molecular weight is 343 g/mol. The van der Waals surface area contributed by atoms with Crippen molar-refractivity contribution in [2.45, 2.75) is 0 Å². The van der Waals surface area contributed by atoms with E-state index in [0.717, 1.165) is 0 Å². The summed E-state index contributed by atoms with van der Waals surface area (Å²) in [6.07, 6.45) is 0. The molecule has 0 aliphatic heterocycles. The lowest BCUT2D eigenvalue weighted by molar-refractivity contribution is 0.0827. The minimum atomic E-state index is -0.316. The molecule has 0 aliphatic carbocycles. The van der Waals surface area contributed by atoms with Crippen molar-refractivity contribution in [3.05, 3.63) is 50.1 Å². The van der Waals surface area contributed by atoms with Crippen LogP contribution < -0.4 is 5.32 Å². The monoisotopic (exact) mass is 342 g/mol. The molecule has 1 aromatic carbocycles. The second-order valence-electron chi connectivity index (χ2n) is 4.45. The van der Waals surface area contributed by atoms with Crippen molar-refractivity contribution in [2.75, 3.05) is 19.4 Å². The van der Waals surface area contributed by atoms with Gasteiger partial charge in [-0.1, -0.05) is 23.2 Å². The summed E-state index contributed by atoms with van der Waals surface area (Å²) in [6.45, 7) is 0. The fraction of sp³-hybridized carbons (Fsp3) is 0.143. The number of carbonyl (C=O) groups excluding carboxylic acids is 2. The highest BCUT2D eigenvalue weighted by Crippen LogP contribution is 2.26. The molecule has 0 radical (unpaired) electrons. The molecule has 2 aromatic rings. The van der Waals surface area contributed by atoms with Gasteiger partial charge in [0.15, 0.2) is 0 Å². The number of carbonyl (C=O) groups is 2. The van der Waals surface area contributed by atoms with Gasteiger partial charge >= 0.3 is 0 Å². The molecular weight excluding hydrogens is 331 g/mol. The number of hydrogen-bond acceptors (Lipinski definition) is 3. The molecule has 1 N–H and O–H groups in total. The molecule has 110 valence electrons. The van der Waals surface area contributed by atoms with E-state index in [1.165, 1.54) is 16.2 Å². The third kappa shape index (κ3) is 3.75. The Morgan fingerprint density at radius 2 is 1.86 bits per heavy atom. The number of amides is 2. The summed E-state index contributed by atoms with van der Waals surface area (Å²) in [5.74, 6) is -0.482. The van der Waals surface area contributed by atoms with Gasteiger partial charge in [0, 0.05) is 19.7 Å². The zero-order valence-corrected chi connectivity index (χ0v) is 13.6. The predicted octanol–water partition coefficient (Wildman–Crippen LogP) is 4.01. The molecule has 0 unspecified atom stereocenters. The van der Waals surface area contributed by atoms with Crippen molar-refractivity contribution in [1.29, 1.82) is 0 Å². The Morgan fingerprint density at radius 3 is 2.43 bits per heavy atom. The molecule has 4 nitrogen and oxygen atoms in total. The molecule has 1 heterocycles. The number of hydrogen-bond donors (Lipinski definition) is 1. The van der Waals surface area contributed by atoms with Gasteiger partial charge in [0.1, 0.15) is 0 Å². The van der Waals surface area contributed by atoms with Gasteiger partial charge in [0.25, 0.3) is 11.8 Å². The van der Waals surface area contributed by atoms with E-state index in [-0.39, 0.29) is 11.8 Å². The van der Waals surface area contributed by atoms with Gasteiger partial charge < -0.3 is 10.2 Å². The van der Waals surface area contributed by atoms with Crippen molar-refractivity contribution in [3.8, 4) is 0 Å². The molecule has 0 saturated heterocycles. The number of thiophene rings is 1. The lowest BCUT2D eigenvalue weighted by Crippen LogP contribution is -2.22. The second kappa shape index (κ2) is 6.47. The number of halogens is 2. The number of nitrogens with one attached hydrogen (secondary N) is 1. The van der Waals surface area contributed by atoms with Gasteiger partial charge in [-0.3, -0.25) is 9.59 Å². The van der Waals surface area contributed by atoms with Crippen LogP contribution in [-0.2, 0) is 0 Å². The number of anilines is 1. The Balaban J connectivity index is 2.25. The van der Waals surface area contributed by atoms with E-state index in [4.69, 9.17) is 23.2 Å². The summed E-state index contributed by atoms with van der Waals surface area (Å²) in [6, 6.07) is 8.02. The molecule has 0 aliphatic rings. The van der Waals surface area contributed by atoms with Crippen LogP contribution in [-0.4, -0.2) is 30.8 Å². The third-order valence-corrected chi connectivity index (χ3v) is 4.22. The van der Waals surface area contributed by atoms with Crippen LogP contribution in [0.3, 0.4) is 0 Å². The van der Waals surface area contributed by atoms with E-state index in [9.17, 15) is 9.59 Å². The Hall–Kier alpha value is -1.56. The standard InChI is InChI=1S/C14H12Cl2N2O2S/c1-18(2)14(20)8-3-4-9(15)10(7-8)17-13(19)11-5-6-12(16)21-11/h3-7H,1-2H3,(H,17,19). The van der Waals surface area contributed by atoms with Gasteiger partial charge in [-0.15, -0.1) is 11.3 Å². The quantitative estimate of drug-likeness (QED) is 0.915. The topological polar surface area (TPSA) is 49.4 Å². The Bertz CT molecular complexity index is 698. The predicted molar refractivity (Wildman–Crippen MR) is 86.8 cm³/mol. The minimum Gasteiger partial charge on any atom is -0.345 e. The molecule has 0 fully saturated rings. The third-order valence-electron chi connectivity index (χ3n) is 2.66. The van der Waals surface area contributed by atoms with Crippen LogP contribution in [0, 0.1) is 0 Å². The van der Waals surface area contributed by atoms with E-state index < -0.39 is 0 Å². The highest BCUT2D eigenvalue weighted by molar-refractivity contribution is 7.18. The van der Waals surface area contributed by atoms with Crippen molar-refractivity contribution < 1.29 is 9.59 Å². The van der Waals surface area contributed by atoms with Crippen molar-refractivity contribution >= 4 is 52.0 Å². The van der Waals surface area contributed by atoms with Crippen LogP contribution in [0.15, 0.2) is 30.3 Å². The highest BCUT2D eigenvalue weighted by atomic mass is 35.5. The number of benzene rings is 1. The summed E-state index contributed by atoms with van der Waals surface area (Å²) in [7, 11) is 3.31. The van der Waals surface area contributed by atoms with E-state index in [0.29, 0.717) is 25.5 Å². The number of nitrogens with zero attached hydrogens (tertiary/aromatic N) is 1. The van der Waals surface area contributed by atoms with Crippen LogP contribution in [0.2, 0.25) is 9.36 Å². The van der Waals surface area contributed by atoms with E-state index in [1.807, 2.05) is 0 Å². The van der Waals surface area contributed by atoms with Gasteiger partial charge in [-0.05, 0) is 30.3 Å². The van der Waals surface area contributed by atoms with E-state index >= 15 is 0 Å². The second-order valence-corrected chi connectivity index (χ2v) is 6.57. The molecule has 0 spiro atoms. The first-order chi connectivity index (χ1) is 9.88. The molecule has 1 aromatic heterocycles. The molecule has 2 rings (SSSR count). The summed E-state index contributed by atoms with van der Waals surface area (Å²) in [4.78, 5) is 25.9. The first-order valence-electron chi connectivity index (χ1n) is 5.96. The fourth-order valence-electron chi connectivity index (χ4n) is 1.63.